The highest BCUT2D eigenvalue weighted by molar-refractivity contribution is 8.13. The number of hydrogen-bond donors (Lipinski definition) is 1. The SMILES string of the molecule is O=S(=O)(Cl)c1ccc2nc(-c3cccc(Cl)c3)[nH]c2c1. The number of H-pyrrole nitrogens is 1. The lowest BCUT2D eigenvalue weighted by Crippen LogP contribution is -1.89. The van der Waals surface area contributed by atoms with Crippen molar-refractivity contribution in [1.29, 1.82) is 0 Å². The number of hydrogen-bond acceptors (Lipinski definition) is 3. The summed E-state index contributed by atoms with van der Waals surface area (Å²) in [6, 6.07) is 11.7. The van der Waals surface area contributed by atoms with Crippen LogP contribution in [0.2, 0.25) is 5.02 Å². The first-order chi connectivity index (χ1) is 9.43. The Morgan fingerprint density at radius 3 is 2.60 bits per heavy atom. The largest absolute Gasteiger partial charge is 0.338 e. The predicted molar refractivity (Wildman–Crippen MR) is 79.6 cm³/mol. The minimum absolute atomic E-state index is 0.0351. The number of aromatic nitrogens is 2. The second-order valence-corrected chi connectivity index (χ2v) is 7.21. The van der Waals surface area contributed by atoms with Gasteiger partial charge in [0.2, 0.25) is 0 Å². The molecule has 0 unspecified atom stereocenters. The first-order valence-corrected chi connectivity index (χ1v) is 8.32. The Morgan fingerprint density at radius 2 is 1.90 bits per heavy atom. The molecule has 7 heteroatoms. The number of rotatable bonds is 2. The zero-order valence-corrected chi connectivity index (χ0v) is 12.3. The van der Waals surface area contributed by atoms with E-state index in [1.165, 1.54) is 12.1 Å². The molecule has 0 aliphatic carbocycles. The van der Waals surface area contributed by atoms with Crippen molar-refractivity contribution in [2.45, 2.75) is 4.90 Å². The van der Waals surface area contributed by atoms with E-state index in [0.717, 1.165) is 5.56 Å². The number of fused-ring (bicyclic) bond motifs is 1. The average molecular weight is 327 g/mol. The zero-order valence-electron chi connectivity index (χ0n) is 9.97. The van der Waals surface area contributed by atoms with E-state index in [0.29, 0.717) is 21.9 Å². The van der Waals surface area contributed by atoms with Crippen LogP contribution in [-0.4, -0.2) is 18.4 Å². The monoisotopic (exact) mass is 326 g/mol. The second-order valence-electron chi connectivity index (χ2n) is 4.21. The van der Waals surface area contributed by atoms with Crippen LogP contribution in [0.4, 0.5) is 0 Å². The summed E-state index contributed by atoms with van der Waals surface area (Å²) in [6.45, 7) is 0. The summed E-state index contributed by atoms with van der Waals surface area (Å²) in [5.41, 5.74) is 2.08. The van der Waals surface area contributed by atoms with Crippen molar-refractivity contribution in [3.63, 3.8) is 0 Å². The van der Waals surface area contributed by atoms with Crippen molar-refractivity contribution in [2.75, 3.05) is 0 Å². The van der Waals surface area contributed by atoms with Gasteiger partial charge in [-0.1, -0.05) is 23.7 Å². The first kappa shape index (κ1) is 13.4. The van der Waals surface area contributed by atoms with Crippen molar-refractivity contribution in [2.24, 2.45) is 0 Å². The lowest BCUT2D eigenvalue weighted by atomic mass is 10.2. The highest BCUT2D eigenvalue weighted by Gasteiger charge is 2.12. The smallest absolute Gasteiger partial charge is 0.261 e. The molecule has 0 amide bonds. The summed E-state index contributed by atoms with van der Waals surface area (Å²) in [6.07, 6.45) is 0. The van der Waals surface area contributed by atoms with Crippen LogP contribution in [0, 0.1) is 0 Å². The third-order valence-electron chi connectivity index (χ3n) is 2.83. The molecule has 0 saturated heterocycles. The molecule has 1 aromatic heterocycles. The fourth-order valence-corrected chi connectivity index (χ4v) is 2.88. The van der Waals surface area contributed by atoms with Crippen LogP contribution in [0.15, 0.2) is 47.4 Å². The molecule has 1 N–H and O–H groups in total. The fourth-order valence-electron chi connectivity index (χ4n) is 1.91. The maximum absolute atomic E-state index is 11.3. The standard InChI is InChI=1S/C13H8Cl2N2O2S/c14-9-3-1-2-8(6-9)13-16-11-5-4-10(20(15,18)19)7-12(11)17-13/h1-7H,(H,16,17). The van der Waals surface area contributed by atoms with Gasteiger partial charge in [-0.25, -0.2) is 13.4 Å². The molecular weight excluding hydrogens is 319 g/mol. The minimum atomic E-state index is -3.75. The molecule has 0 radical (unpaired) electrons. The fraction of sp³-hybridized carbons (Fsp3) is 0. The highest BCUT2D eigenvalue weighted by atomic mass is 35.7. The Kier molecular flexibility index (Phi) is 3.20. The van der Waals surface area contributed by atoms with E-state index in [-0.39, 0.29) is 4.90 Å². The maximum Gasteiger partial charge on any atom is 0.261 e. The van der Waals surface area contributed by atoms with Crippen LogP contribution in [0.1, 0.15) is 0 Å². The van der Waals surface area contributed by atoms with Crippen molar-refractivity contribution in [3.05, 3.63) is 47.5 Å². The summed E-state index contributed by atoms with van der Waals surface area (Å²) in [7, 11) is 1.57. The van der Waals surface area contributed by atoms with E-state index in [2.05, 4.69) is 9.97 Å². The number of imidazole rings is 1. The Morgan fingerprint density at radius 1 is 1.10 bits per heavy atom. The minimum Gasteiger partial charge on any atom is -0.338 e. The maximum atomic E-state index is 11.3. The van der Waals surface area contributed by atoms with E-state index in [4.69, 9.17) is 22.3 Å². The number of nitrogens with zero attached hydrogens (tertiary/aromatic N) is 1. The number of benzene rings is 2. The van der Waals surface area contributed by atoms with Gasteiger partial charge in [-0.05, 0) is 30.3 Å². The lowest BCUT2D eigenvalue weighted by Gasteiger charge is -1.96. The van der Waals surface area contributed by atoms with E-state index >= 15 is 0 Å². The molecule has 2 aromatic carbocycles. The summed E-state index contributed by atoms with van der Waals surface area (Å²) in [5, 5.41) is 0.604. The molecule has 102 valence electrons. The first-order valence-electron chi connectivity index (χ1n) is 5.64. The van der Waals surface area contributed by atoms with Gasteiger partial charge >= 0.3 is 0 Å². The van der Waals surface area contributed by atoms with Gasteiger partial charge < -0.3 is 4.98 Å². The molecule has 0 atom stereocenters. The molecule has 3 rings (SSSR count). The topological polar surface area (TPSA) is 62.8 Å². The van der Waals surface area contributed by atoms with E-state index < -0.39 is 9.05 Å². The predicted octanol–water partition coefficient (Wildman–Crippen LogP) is 3.81. The molecule has 1 heterocycles. The van der Waals surface area contributed by atoms with Crippen molar-refractivity contribution >= 4 is 42.4 Å². The summed E-state index contributed by atoms with van der Waals surface area (Å²) in [4.78, 5) is 7.49. The molecule has 20 heavy (non-hydrogen) atoms. The highest BCUT2D eigenvalue weighted by Crippen LogP contribution is 2.25. The molecule has 0 saturated carbocycles. The van der Waals surface area contributed by atoms with Crippen molar-refractivity contribution < 1.29 is 8.42 Å². The third-order valence-corrected chi connectivity index (χ3v) is 4.42. The van der Waals surface area contributed by atoms with Crippen LogP contribution in [0.5, 0.6) is 0 Å². The molecule has 0 spiro atoms. The van der Waals surface area contributed by atoms with Gasteiger partial charge in [0.1, 0.15) is 5.82 Å². The van der Waals surface area contributed by atoms with Crippen LogP contribution in [-0.2, 0) is 9.05 Å². The third kappa shape index (κ3) is 2.52. The number of nitrogens with one attached hydrogen (secondary N) is 1. The Labute approximate surface area is 124 Å². The van der Waals surface area contributed by atoms with Gasteiger partial charge in [0, 0.05) is 21.3 Å². The summed E-state index contributed by atoms with van der Waals surface area (Å²) < 4.78 is 22.6. The quantitative estimate of drug-likeness (QED) is 0.728. The van der Waals surface area contributed by atoms with Crippen LogP contribution >= 0.6 is 22.3 Å². The summed E-state index contributed by atoms with van der Waals surface area (Å²) in [5.74, 6) is 0.617. The van der Waals surface area contributed by atoms with Gasteiger partial charge in [0.25, 0.3) is 9.05 Å². The van der Waals surface area contributed by atoms with Gasteiger partial charge in [0.15, 0.2) is 0 Å². The molecular formula is C13H8Cl2N2O2S. The molecule has 0 aliphatic rings. The van der Waals surface area contributed by atoms with Crippen molar-refractivity contribution in [1.82, 2.24) is 9.97 Å². The number of halogens is 2. The van der Waals surface area contributed by atoms with Crippen LogP contribution in [0.3, 0.4) is 0 Å². The lowest BCUT2D eigenvalue weighted by molar-refractivity contribution is 0.609. The molecule has 0 fully saturated rings. The van der Waals surface area contributed by atoms with Crippen molar-refractivity contribution in [3.8, 4) is 11.4 Å². The number of aromatic amines is 1. The molecule has 4 nitrogen and oxygen atoms in total. The average Bonchev–Trinajstić information content (AvgIpc) is 2.80. The summed E-state index contributed by atoms with van der Waals surface area (Å²) >= 11 is 5.94. The Bertz CT molecular complexity index is 904. The normalized spacial score (nSPS) is 11.9. The van der Waals surface area contributed by atoms with E-state index in [9.17, 15) is 8.42 Å². The van der Waals surface area contributed by atoms with E-state index in [1.54, 1.807) is 18.2 Å². The van der Waals surface area contributed by atoms with Gasteiger partial charge in [-0.3, -0.25) is 0 Å². The zero-order chi connectivity index (χ0) is 14.3. The van der Waals surface area contributed by atoms with Gasteiger partial charge in [0.05, 0.1) is 15.9 Å². The molecule has 0 bridgehead atoms. The van der Waals surface area contributed by atoms with Gasteiger partial charge in [-0.2, -0.15) is 0 Å². The molecule has 3 aromatic rings. The van der Waals surface area contributed by atoms with Crippen LogP contribution < -0.4 is 0 Å². The van der Waals surface area contributed by atoms with E-state index in [1.807, 2.05) is 12.1 Å². The Hall–Kier alpha value is -1.56. The molecule has 0 aliphatic heterocycles. The van der Waals surface area contributed by atoms with Crippen LogP contribution in [0.25, 0.3) is 22.4 Å². The Balaban J connectivity index is 2.16. The van der Waals surface area contributed by atoms with Gasteiger partial charge in [-0.15, -0.1) is 0 Å². The second kappa shape index (κ2) is 4.77.